The lowest BCUT2D eigenvalue weighted by Crippen LogP contribution is -2.20. The van der Waals surface area contributed by atoms with Crippen molar-refractivity contribution in [2.45, 2.75) is 13.0 Å². The topological polar surface area (TPSA) is 38.5 Å². The summed E-state index contributed by atoms with van der Waals surface area (Å²) in [6, 6.07) is 10.1. The van der Waals surface area contributed by atoms with Gasteiger partial charge in [-0.3, -0.25) is 0 Å². The van der Waals surface area contributed by atoms with E-state index in [-0.39, 0.29) is 0 Å². The lowest BCUT2D eigenvalue weighted by atomic mass is 10.1. The molecular weight excluding hydrogens is 256 g/mol. The molecule has 0 radical (unpaired) electrons. The minimum atomic E-state index is 0.780. The van der Waals surface area contributed by atoms with Crippen LogP contribution >= 0.6 is 11.3 Å². The molecule has 0 aliphatic carbocycles. The molecule has 0 bridgehead atoms. The van der Waals surface area contributed by atoms with Crippen molar-refractivity contribution in [2.24, 2.45) is 0 Å². The van der Waals surface area contributed by atoms with Crippen LogP contribution in [0, 0.1) is 0 Å². The Morgan fingerprint density at radius 1 is 1.32 bits per heavy atom. The van der Waals surface area contributed by atoms with Gasteiger partial charge in [0, 0.05) is 29.2 Å². The van der Waals surface area contributed by atoms with Gasteiger partial charge in [-0.15, -0.1) is 11.3 Å². The zero-order valence-corrected chi connectivity index (χ0v) is 12.2. The van der Waals surface area contributed by atoms with Gasteiger partial charge in [0.15, 0.2) is 0 Å². The van der Waals surface area contributed by atoms with E-state index in [0.29, 0.717) is 0 Å². The maximum atomic E-state index is 5.84. The first kappa shape index (κ1) is 13.9. The van der Waals surface area contributed by atoms with Crippen LogP contribution in [0.2, 0.25) is 0 Å². The summed E-state index contributed by atoms with van der Waals surface area (Å²) in [6.07, 6.45) is 1.08. The Balaban J connectivity index is 1.94. The summed E-state index contributed by atoms with van der Waals surface area (Å²) in [6.45, 7) is 1.87. The molecule has 2 N–H and O–H groups in total. The molecule has 2 rings (SSSR count). The Morgan fingerprint density at radius 2 is 2.16 bits per heavy atom. The van der Waals surface area contributed by atoms with Crippen molar-refractivity contribution in [3.8, 4) is 5.75 Å². The van der Waals surface area contributed by atoms with Crippen molar-refractivity contribution in [2.75, 3.05) is 26.4 Å². The Kier molecular flexibility index (Phi) is 4.82. The smallest absolute Gasteiger partial charge is 0.123 e. The quantitative estimate of drug-likeness (QED) is 0.824. The third-order valence-electron chi connectivity index (χ3n) is 3.06. The highest BCUT2D eigenvalue weighted by Gasteiger charge is 2.07. The number of likely N-dealkylation sites (N-methyl/N-ethyl adjacent to an activating group) is 1. The number of rotatable bonds is 6. The van der Waals surface area contributed by atoms with Crippen LogP contribution in [-0.2, 0) is 13.0 Å². The van der Waals surface area contributed by atoms with E-state index >= 15 is 0 Å². The maximum Gasteiger partial charge on any atom is 0.123 e. The van der Waals surface area contributed by atoms with Crippen LogP contribution in [0.4, 0.5) is 5.69 Å². The van der Waals surface area contributed by atoms with Crippen molar-refractivity contribution in [1.82, 2.24) is 4.90 Å². The molecule has 0 aliphatic heterocycles. The van der Waals surface area contributed by atoms with Gasteiger partial charge in [-0.05, 0) is 43.1 Å². The highest BCUT2D eigenvalue weighted by molar-refractivity contribution is 7.09. The Labute approximate surface area is 118 Å². The number of anilines is 1. The number of hydrogen-bond acceptors (Lipinski definition) is 4. The molecule has 0 saturated heterocycles. The molecule has 1 aromatic carbocycles. The molecule has 3 nitrogen and oxygen atoms in total. The highest BCUT2D eigenvalue weighted by atomic mass is 32.1. The molecular formula is C15H20N2OS. The number of nitrogens with two attached hydrogens (primary N) is 1. The third kappa shape index (κ3) is 3.98. The largest absolute Gasteiger partial charge is 0.496 e. The van der Waals surface area contributed by atoms with Crippen LogP contribution in [0.15, 0.2) is 35.7 Å². The van der Waals surface area contributed by atoms with Gasteiger partial charge in [-0.1, -0.05) is 6.07 Å². The zero-order chi connectivity index (χ0) is 13.7. The Hall–Kier alpha value is -1.52. The molecule has 0 amide bonds. The lowest BCUT2D eigenvalue weighted by Gasteiger charge is -2.18. The van der Waals surface area contributed by atoms with Crippen molar-refractivity contribution in [1.29, 1.82) is 0 Å². The molecule has 1 aromatic heterocycles. The lowest BCUT2D eigenvalue weighted by molar-refractivity contribution is 0.322. The van der Waals surface area contributed by atoms with Gasteiger partial charge in [0.1, 0.15) is 5.75 Å². The number of nitrogen functional groups attached to an aromatic ring is 1. The normalized spacial score (nSPS) is 10.9. The predicted molar refractivity (Wildman–Crippen MR) is 81.8 cm³/mol. The summed E-state index contributed by atoms with van der Waals surface area (Å²) >= 11 is 1.81. The second kappa shape index (κ2) is 6.59. The van der Waals surface area contributed by atoms with E-state index in [0.717, 1.165) is 36.5 Å². The van der Waals surface area contributed by atoms with Gasteiger partial charge in [0.2, 0.25) is 0 Å². The SMILES string of the molecule is COc1ccc(N)cc1CN(C)CCc1cccs1. The molecule has 102 valence electrons. The van der Waals surface area contributed by atoms with Crippen LogP contribution in [0.1, 0.15) is 10.4 Å². The van der Waals surface area contributed by atoms with E-state index in [1.807, 2.05) is 29.5 Å². The Morgan fingerprint density at radius 3 is 2.84 bits per heavy atom. The van der Waals surface area contributed by atoms with Gasteiger partial charge in [0.25, 0.3) is 0 Å². The van der Waals surface area contributed by atoms with E-state index in [9.17, 15) is 0 Å². The molecule has 0 saturated carbocycles. The van der Waals surface area contributed by atoms with Gasteiger partial charge in [-0.2, -0.15) is 0 Å². The van der Waals surface area contributed by atoms with E-state index in [1.54, 1.807) is 7.11 Å². The van der Waals surface area contributed by atoms with Gasteiger partial charge < -0.3 is 15.4 Å². The highest BCUT2D eigenvalue weighted by Crippen LogP contribution is 2.22. The molecule has 0 fully saturated rings. The van der Waals surface area contributed by atoms with E-state index in [2.05, 4.69) is 29.5 Å². The molecule has 4 heteroatoms. The summed E-state index contributed by atoms with van der Waals surface area (Å²) in [7, 11) is 3.82. The minimum absolute atomic E-state index is 0.780. The van der Waals surface area contributed by atoms with Gasteiger partial charge in [-0.25, -0.2) is 0 Å². The minimum Gasteiger partial charge on any atom is -0.496 e. The number of thiophene rings is 1. The number of nitrogens with zero attached hydrogens (tertiary/aromatic N) is 1. The predicted octanol–water partition coefficient (Wildman–Crippen LogP) is 3.01. The first-order valence-corrected chi connectivity index (χ1v) is 7.20. The summed E-state index contributed by atoms with van der Waals surface area (Å²) in [5.41, 5.74) is 7.75. The van der Waals surface area contributed by atoms with Crippen molar-refractivity contribution in [3.05, 3.63) is 46.2 Å². The molecule has 0 aliphatic rings. The summed E-state index contributed by atoms with van der Waals surface area (Å²) in [5.74, 6) is 0.900. The number of ether oxygens (including phenoxy) is 1. The van der Waals surface area contributed by atoms with Crippen LogP contribution in [0.5, 0.6) is 5.75 Å². The first-order valence-electron chi connectivity index (χ1n) is 6.32. The molecule has 0 atom stereocenters. The van der Waals surface area contributed by atoms with Crippen LogP contribution in [-0.4, -0.2) is 25.6 Å². The summed E-state index contributed by atoms with van der Waals surface area (Å²) in [4.78, 5) is 3.71. The number of hydrogen-bond donors (Lipinski definition) is 1. The first-order chi connectivity index (χ1) is 9.19. The molecule has 19 heavy (non-hydrogen) atoms. The molecule has 2 aromatic rings. The zero-order valence-electron chi connectivity index (χ0n) is 11.4. The second-order valence-electron chi connectivity index (χ2n) is 4.64. The van der Waals surface area contributed by atoms with Crippen LogP contribution in [0.25, 0.3) is 0 Å². The van der Waals surface area contributed by atoms with Crippen LogP contribution < -0.4 is 10.5 Å². The number of methoxy groups -OCH3 is 1. The number of benzene rings is 1. The fraction of sp³-hybridized carbons (Fsp3) is 0.333. The second-order valence-corrected chi connectivity index (χ2v) is 5.67. The van der Waals surface area contributed by atoms with Gasteiger partial charge in [0.05, 0.1) is 7.11 Å². The van der Waals surface area contributed by atoms with E-state index in [4.69, 9.17) is 10.5 Å². The fourth-order valence-electron chi connectivity index (χ4n) is 2.05. The summed E-state index contributed by atoms with van der Waals surface area (Å²) in [5, 5.41) is 2.12. The van der Waals surface area contributed by atoms with Crippen molar-refractivity contribution >= 4 is 17.0 Å². The maximum absolute atomic E-state index is 5.84. The average molecular weight is 276 g/mol. The average Bonchev–Trinajstić information content (AvgIpc) is 2.90. The van der Waals surface area contributed by atoms with Crippen molar-refractivity contribution in [3.63, 3.8) is 0 Å². The van der Waals surface area contributed by atoms with E-state index in [1.165, 1.54) is 4.88 Å². The third-order valence-corrected chi connectivity index (χ3v) is 4.00. The molecule has 1 heterocycles. The standard InChI is InChI=1S/C15H20N2OS/c1-17(8-7-14-4-3-9-19-14)11-12-10-13(16)5-6-15(12)18-2/h3-6,9-10H,7-8,11,16H2,1-2H3. The fourth-order valence-corrected chi connectivity index (χ4v) is 2.75. The summed E-state index contributed by atoms with van der Waals surface area (Å²) < 4.78 is 5.37. The Bertz CT molecular complexity index is 511. The van der Waals surface area contributed by atoms with E-state index < -0.39 is 0 Å². The monoisotopic (exact) mass is 276 g/mol. The van der Waals surface area contributed by atoms with Crippen molar-refractivity contribution < 1.29 is 4.74 Å². The van der Waals surface area contributed by atoms with Gasteiger partial charge >= 0.3 is 0 Å². The van der Waals surface area contributed by atoms with Crippen LogP contribution in [0.3, 0.4) is 0 Å². The molecule has 0 spiro atoms. The molecule has 0 unspecified atom stereocenters.